The summed E-state index contributed by atoms with van der Waals surface area (Å²) in [6.45, 7) is 0.505. The summed E-state index contributed by atoms with van der Waals surface area (Å²) in [6, 6.07) is 5.71. The van der Waals surface area contributed by atoms with Crippen LogP contribution in [0.1, 0.15) is 65.3 Å². The first kappa shape index (κ1) is 17.3. The van der Waals surface area contributed by atoms with Crippen molar-refractivity contribution in [3.05, 3.63) is 53.4 Å². The van der Waals surface area contributed by atoms with Crippen molar-refractivity contribution in [1.29, 1.82) is 0 Å². The standard InChI is InChI=1S/C19H17F3N4O2/c20-19(21,22)16-9-12(11-5-6-11)23-17-10-13(24-26(16)17)18(27)25-7-1-3-14(25)15-4-2-8-28-15/h2,4,8-11,14H,1,3,5-7H2. The van der Waals surface area contributed by atoms with Crippen molar-refractivity contribution >= 4 is 11.6 Å². The average molecular weight is 390 g/mol. The van der Waals surface area contributed by atoms with Crippen molar-refractivity contribution in [1.82, 2.24) is 19.5 Å². The van der Waals surface area contributed by atoms with E-state index in [1.165, 1.54) is 6.07 Å². The lowest BCUT2D eigenvalue weighted by atomic mass is 10.1. The van der Waals surface area contributed by atoms with Crippen LogP contribution in [-0.4, -0.2) is 31.9 Å². The molecule has 0 bridgehead atoms. The Balaban J connectivity index is 1.55. The maximum Gasteiger partial charge on any atom is 0.433 e. The summed E-state index contributed by atoms with van der Waals surface area (Å²) in [7, 11) is 0. The zero-order chi connectivity index (χ0) is 19.5. The zero-order valence-electron chi connectivity index (χ0n) is 14.8. The minimum Gasteiger partial charge on any atom is -0.467 e. The fourth-order valence-corrected chi connectivity index (χ4v) is 3.82. The van der Waals surface area contributed by atoms with Crippen molar-refractivity contribution < 1.29 is 22.4 Å². The zero-order valence-corrected chi connectivity index (χ0v) is 14.8. The van der Waals surface area contributed by atoms with Crippen LogP contribution in [0.25, 0.3) is 5.65 Å². The third-order valence-corrected chi connectivity index (χ3v) is 5.34. The van der Waals surface area contributed by atoms with E-state index in [2.05, 4.69) is 10.1 Å². The first-order valence-corrected chi connectivity index (χ1v) is 9.24. The Labute approximate surface area is 157 Å². The Morgan fingerprint density at radius 3 is 2.71 bits per heavy atom. The summed E-state index contributed by atoms with van der Waals surface area (Å²) >= 11 is 0. The van der Waals surface area contributed by atoms with Gasteiger partial charge in [0.15, 0.2) is 11.3 Å². The van der Waals surface area contributed by atoms with Gasteiger partial charge < -0.3 is 9.32 Å². The highest BCUT2D eigenvalue weighted by Crippen LogP contribution is 2.41. The molecule has 1 unspecified atom stereocenters. The number of hydrogen-bond donors (Lipinski definition) is 0. The first-order valence-electron chi connectivity index (χ1n) is 9.24. The molecular weight excluding hydrogens is 373 g/mol. The summed E-state index contributed by atoms with van der Waals surface area (Å²) in [5, 5.41) is 3.97. The number of halogens is 3. The van der Waals surface area contributed by atoms with Gasteiger partial charge in [-0.2, -0.15) is 18.3 Å². The summed E-state index contributed by atoms with van der Waals surface area (Å²) in [5.41, 5.74) is -0.478. The fraction of sp³-hybridized carbons (Fsp3) is 0.421. The van der Waals surface area contributed by atoms with E-state index < -0.39 is 17.8 Å². The molecule has 1 aliphatic carbocycles. The second-order valence-electron chi connectivity index (χ2n) is 7.31. The van der Waals surface area contributed by atoms with E-state index in [0.29, 0.717) is 18.0 Å². The molecule has 2 aliphatic rings. The molecule has 1 saturated carbocycles. The van der Waals surface area contributed by atoms with E-state index >= 15 is 0 Å². The largest absolute Gasteiger partial charge is 0.467 e. The minimum absolute atomic E-state index is 0.0376. The van der Waals surface area contributed by atoms with Gasteiger partial charge in [-0.05, 0) is 43.9 Å². The number of likely N-dealkylation sites (tertiary alicyclic amines) is 1. The predicted molar refractivity (Wildman–Crippen MR) is 91.7 cm³/mol. The van der Waals surface area contributed by atoms with Crippen molar-refractivity contribution in [2.24, 2.45) is 0 Å². The fourth-order valence-electron chi connectivity index (χ4n) is 3.82. The number of alkyl halides is 3. The Hall–Kier alpha value is -2.84. The van der Waals surface area contributed by atoms with E-state index in [-0.39, 0.29) is 23.3 Å². The van der Waals surface area contributed by atoms with Crippen molar-refractivity contribution in [2.45, 2.75) is 43.8 Å². The highest BCUT2D eigenvalue weighted by Gasteiger charge is 2.38. The molecule has 6 nitrogen and oxygen atoms in total. The topological polar surface area (TPSA) is 63.6 Å². The minimum atomic E-state index is -4.58. The Kier molecular flexibility index (Phi) is 3.75. The van der Waals surface area contributed by atoms with Crippen molar-refractivity contribution in [2.75, 3.05) is 6.54 Å². The molecule has 28 heavy (non-hydrogen) atoms. The van der Waals surface area contributed by atoms with Crippen LogP contribution in [0.4, 0.5) is 13.2 Å². The van der Waals surface area contributed by atoms with E-state index in [0.717, 1.165) is 36.3 Å². The number of hydrogen-bond acceptors (Lipinski definition) is 4. The molecule has 4 heterocycles. The van der Waals surface area contributed by atoms with Crippen LogP contribution in [0.5, 0.6) is 0 Å². The van der Waals surface area contributed by atoms with Crippen LogP contribution in [0, 0.1) is 0 Å². The highest BCUT2D eigenvalue weighted by atomic mass is 19.4. The van der Waals surface area contributed by atoms with Crippen LogP contribution in [-0.2, 0) is 6.18 Å². The Morgan fingerprint density at radius 1 is 1.21 bits per heavy atom. The first-order chi connectivity index (χ1) is 13.4. The number of furan rings is 1. The number of nitrogens with zero attached hydrogens (tertiary/aromatic N) is 4. The smallest absolute Gasteiger partial charge is 0.433 e. The quantitative estimate of drug-likeness (QED) is 0.673. The van der Waals surface area contributed by atoms with E-state index in [1.54, 1.807) is 23.3 Å². The normalized spacial score (nSPS) is 20.2. The van der Waals surface area contributed by atoms with Gasteiger partial charge >= 0.3 is 6.18 Å². The summed E-state index contributed by atoms with van der Waals surface area (Å²) in [6.07, 6.45) is 0.159. The number of rotatable bonds is 3. The summed E-state index contributed by atoms with van der Waals surface area (Å²) in [5.74, 6) is 0.312. The van der Waals surface area contributed by atoms with Crippen LogP contribution < -0.4 is 0 Å². The van der Waals surface area contributed by atoms with Gasteiger partial charge in [0.25, 0.3) is 5.91 Å². The van der Waals surface area contributed by atoms with Gasteiger partial charge in [-0.25, -0.2) is 9.50 Å². The Morgan fingerprint density at radius 2 is 2.04 bits per heavy atom. The molecule has 1 saturated heterocycles. The molecule has 1 amide bonds. The number of carbonyl (C=O) groups is 1. The average Bonchev–Trinajstić information content (AvgIpc) is 3.06. The molecule has 0 spiro atoms. The lowest BCUT2D eigenvalue weighted by Crippen LogP contribution is -2.30. The van der Waals surface area contributed by atoms with Gasteiger partial charge in [-0.3, -0.25) is 4.79 Å². The number of amides is 1. The lowest BCUT2D eigenvalue weighted by Gasteiger charge is -2.22. The van der Waals surface area contributed by atoms with Gasteiger partial charge in [0.1, 0.15) is 11.5 Å². The van der Waals surface area contributed by atoms with Crippen LogP contribution in [0.3, 0.4) is 0 Å². The van der Waals surface area contributed by atoms with E-state index in [1.807, 2.05) is 0 Å². The van der Waals surface area contributed by atoms with Crippen LogP contribution >= 0.6 is 0 Å². The molecule has 146 valence electrons. The number of aromatic nitrogens is 3. The molecule has 2 fully saturated rings. The molecule has 0 N–H and O–H groups in total. The third kappa shape index (κ3) is 2.85. The van der Waals surface area contributed by atoms with Gasteiger partial charge in [0.05, 0.1) is 12.3 Å². The maximum absolute atomic E-state index is 13.5. The van der Waals surface area contributed by atoms with Crippen LogP contribution in [0.2, 0.25) is 0 Å². The molecule has 0 aromatic carbocycles. The molecular formula is C19H17F3N4O2. The van der Waals surface area contributed by atoms with Gasteiger partial charge in [0.2, 0.25) is 0 Å². The predicted octanol–water partition coefficient (Wildman–Crippen LogP) is 4.20. The molecule has 3 aromatic rings. The van der Waals surface area contributed by atoms with Crippen LogP contribution in [0.15, 0.2) is 34.9 Å². The molecule has 1 atom stereocenters. The monoisotopic (exact) mass is 390 g/mol. The van der Waals surface area contributed by atoms with Gasteiger partial charge in [-0.15, -0.1) is 0 Å². The van der Waals surface area contributed by atoms with Crippen molar-refractivity contribution in [3.63, 3.8) is 0 Å². The SMILES string of the molecule is O=C(c1cc2nc(C3CC3)cc(C(F)(F)F)n2n1)N1CCCC1c1ccco1. The van der Waals surface area contributed by atoms with Gasteiger partial charge in [-0.1, -0.05) is 0 Å². The summed E-state index contributed by atoms with van der Waals surface area (Å²) in [4.78, 5) is 18.9. The third-order valence-electron chi connectivity index (χ3n) is 5.34. The molecule has 9 heteroatoms. The number of carbonyl (C=O) groups excluding carboxylic acids is 1. The maximum atomic E-state index is 13.5. The molecule has 3 aromatic heterocycles. The Bertz CT molecular complexity index is 1040. The molecule has 1 aliphatic heterocycles. The van der Waals surface area contributed by atoms with E-state index in [4.69, 9.17) is 4.42 Å². The van der Waals surface area contributed by atoms with E-state index in [9.17, 15) is 18.0 Å². The lowest BCUT2D eigenvalue weighted by molar-refractivity contribution is -0.142. The molecule has 5 rings (SSSR count). The molecule has 0 radical (unpaired) electrons. The number of fused-ring (bicyclic) bond motifs is 1. The second-order valence-corrected chi connectivity index (χ2v) is 7.31. The highest BCUT2D eigenvalue weighted by molar-refractivity contribution is 5.93. The van der Waals surface area contributed by atoms with Gasteiger partial charge in [0, 0.05) is 24.2 Å². The summed E-state index contributed by atoms with van der Waals surface area (Å²) < 4.78 is 46.8. The van der Waals surface area contributed by atoms with Crippen molar-refractivity contribution in [3.8, 4) is 0 Å². The second kappa shape index (κ2) is 6.08.